The molecular formula is C13H10Cl2N2O. The molecule has 0 fully saturated rings. The Morgan fingerprint density at radius 3 is 2.61 bits per heavy atom. The first kappa shape index (κ1) is 12.9. The molecule has 92 valence electrons. The van der Waals surface area contributed by atoms with Crippen LogP contribution in [0.25, 0.3) is 0 Å². The van der Waals surface area contributed by atoms with E-state index in [1.54, 1.807) is 18.3 Å². The van der Waals surface area contributed by atoms with Gasteiger partial charge in [0.15, 0.2) is 0 Å². The average molecular weight is 281 g/mol. The highest BCUT2D eigenvalue weighted by atomic mass is 35.5. The molecule has 3 nitrogen and oxygen atoms in total. The minimum Gasteiger partial charge on any atom is -0.353 e. The largest absolute Gasteiger partial charge is 0.353 e. The number of anilines is 2. The van der Waals surface area contributed by atoms with Crippen molar-refractivity contribution in [1.29, 1.82) is 0 Å². The van der Waals surface area contributed by atoms with Crippen molar-refractivity contribution < 1.29 is 4.79 Å². The number of aryl methyl sites for hydroxylation is 1. The van der Waals surface area contributed by atoms with Crippen molar-refractivity contribution in [2.75, 3.05) is 5.32 Å². The molecule has 0 saturated carbocycles. The second-order valence-electron chi connectivity index (χ2n) is 3.78. The van der Waals surface area contributed by atoms with Crippen LogP contribution < -0.4 is 5.32 Å². The molecule has 0 amide bonds. The maximum atomic E-state index is 11.0. The van der Waals surface area contributed by atoms with E-state index in [-0.39, 0.29) is 0 Å². The summed E-state index contributed by atoms with van der Waals surface area (Å²) >= 11 is 11.4. The molecule has 0 aliphatic heterocycles. The fourth-order valence-corrected chi connectivity index (χ4v) is 1.78. The number of hydrogen-bond acceptors (Lipinski definition) is 3. The standard InChI is InChI=1S/C13H10Cl2N2O/c1-8-2-4-10(7-16-8)17-12-5-3-9(13(15)18)6-11(12)14/h2-7,17H,1H3. The molecule has 0 aliphatic carbocycles. The van der Waals surface area contributed by atoms with E-state index < -0.39 is 5.24 Å². The zero-order valence-electron chi connectivity index (χ0n) is 9.58. The van der Waals surface area contributed by atoms with Crippen molar-refractivity contribution in [3.63, 3.8) is 0 Å². The van der Waals surface area contributed by atoms with Crippen LogP contribution in [-0.2, 0) is 0 Å². The van der Waals surface area contributed by atoms with Crippen LogP contribution in [-0.4, -0.2) is 10.2 Å². The van der Waals surface area contributed by atoms with Gasteiger partial charge in [0.2, 0.25) is 0 Å². The lowest BCUT2D eigenvalue weighted by Gasteiger charge is -2.08. The number of carbonyl (C=O) groups excluding carboxylic acids is 1. The molecule has 0 aliphatic rings. The molecule has 0 radical (unpaired) electrons. The fourth-order valence-electron chi connectivity index (χ4n) is 1.44. The summed E-state index contributed by atoms with van der Waals surface area (Å²) in [6, 6.07) is 8.65. The Balaban J connectivity index is 2.24. The highest BCUT2D eigenvalue weighted by Gasteiger charge is 2.06. The van der Waals surface area contributed by atoms with Crippen molar-refractivity contribution in [2.45, 2.75) is 6.92 Å². The van der Waals surface area contributed by atoms with Crippen LogP contribution in [0.2, 0.25) is 5.02 Å². The summed E-state index contributed by atoms with van der Waals surface area (Å²) in [4.78, 5) is 15.2. The van der Waals surface area contributed by atoms with Crippen LogP contribution in [0.3, 0.4) is 0 Å². The molecule has 0 unspecified atom stereocenters. The molecule has 0 atom stereocenters. The van der Waals surface area contributed by atoms with Gasteiger partial charge in [-0.15, -0.1) is 0 Å². The Morgan fingerprint density at radius 2 is 2.06 bits per heavy atom. The lowest BCUT2D eigenvalue weighted by molar-refractivity contribution is 0.108. The zero-order chi connectivity index (χ0) is 13.1. The van der Waals surface area contributed by atoms with Crippen molar-refractivity contribution in [2.24, 2.45) is 0 Å². The SMILES string of the molecule is Cc1ccc(Nc2ccc(C(=O)Cl)cc2Cl)cn1. The molecule has 1 aromatic heterocycles. The van der Waals surface area contributed by atoms with Crippen molar-refractivity contribution in [3.05, 3.63) is 52.8 Å². The van der Waals surface area contributed by atoms with Gasteiger partial charge in [0.25, 0.3) is 5.24 Å². The van der Waals surface area contributed by atoms with Gasteiger partial charge >= 0.3 is 0 Å². The third-order valence-electron chi connectivity index (χ3n) is 2.39. The summed E-state index contributed by atoms with van der Waals surface area (Å²) < 4.78 is 0. The van der Waals surface area contributed by atoms with E-state index in [2.05, 4.69) is 10.3 Å². The topological polar surface area (TPSA) is 42.0 Å². The van der Waals surface area contributed by atoms with Crippen molar-refractivity contribution in [3.8, 4) is 0 Å². The molecule has 2 aromatic rings. The smallest absolute Gasteiger partial charge is 0.252 e. The number of halogens is 2. The van der Waals surface area contributed by atoms with Gasteiger partial charge in [0, 0.05) is 11.3 Å². The molecule has 2 rings (SSSR count). The van der Waals surface area contributed by atoms with Crippen LogP contribution >= 0.6 is 23.2 Å². The summed E-state index contributed by atoms with van der Waals surface area (Å²) in [7, 11) is 0. The number of nitrogens with zero attached hydrogens (tertiary/aromatic N) is 1. The molecule has 1 aromatic carbocycles. The highest BCUT2D eigenvalue weighted by molar-refractivity contribution is 6.67. The fraction of sp³-hybridized carbons (Fsp3) is 0.0769. The predicted octanol–water partition coefficient (Wildman–Crippen LogP) is 4.17. The Labute approximate surface area is 115 Å². The molecule has 0 bridgehead atoms. The maximum absolute atomic E-state index is 11.0. The van der Waals surface area contributed by atoms with E-state index in [9.17, 15) is 4.79 Å². The number of aromatic nitrogens is 1. The monoisotopic (exact) mass is 280 g/mol. The van der Waals surface area contributed by atoms with Gasteiger partial charge < -0.3 is 5.32 Å². The third kappa shape index (κ3) is 3.00. The van der Waals surface area contributed by atoms with Gasteiger partial charge in [-0.1, -0.05) is 11.6 Å². The number of pyridine rings is 1. The quantitative estimate of drug-likeness (QED) is 0.859. The summed E-state index contributed by atoms with van der Waals surface area (Å²) in [5.74, 6) is 0. The lowest BCUT2D eigenvalue weighted by atomic mass is 10.2. The minimum absolute atomic E-state index is 0.370. The predicted molar refractivity (Wildman–Crippen MR) is 73.9 cm³/mol. The summed E-state index contributed by atoms with van der Waals surface area (Å²) in [6.07, 6.45) is 1.71. The lowest BCUT2D eigenvalue weighted by Crippen LogP contribution is -1.95. The number of rotatable bonds is 3. The Kier molecular flexibility index (Phi) is 3.84. The number of benzene rings is 1. The second kappa shape index (κ2) is 5.38. The van der Waals surface area contributed by atoms with Crippen LogP contribution in [0, 0.1) is 6.92 Å². The van der Waals surface area contributed by atoms with Gasteiger partial charge in [0.05, 0.1) is 22.6 Å². The zero-order valence-corrected chi connectivity index (χ0v) is 11.1. The Hall–Kier alpha value is -1.58. The maximum Gasteiger partial charge on any atom is 0.252 e. The second-order valence-corrected chi connectivity index (χ2v) is 4.53. The van der Waals surface area contributed by atoms with E-state index in [4.69, 9.17) is 23.2 Å². The van der Waals surface area contributed by atoms with E-state index in [1.165, 1.54) is 6.07 Å². The van der Waals surface area contributed by atoms with Crippen LogP contribution in [0.5, 0.6) is 0 Å². The molecule has 0 spiro atoms. The molecule has 18 heavy (non-hydrogen) atoms. The van der Waals surface area contributed by atoms with Crippen LogP contribution in [0.1, 0.15) is 16.1 Å². The van der Waals surface area contributed by atoms with Crippen molar-refractivity contribution >= 4 is 39.8 Å². The van der Waals surface area contributed by atoms with E-state index in [0.717, 1.165) is 11.4 Å². The molecular weight excluding hydrogens is 271 g/mol. The third-order valence-corrected chi connectivity index (χ3v) is 2.92. The summed E-state index contributed by atoms with van der Waals surface area (Å²) in [5.41, 5.74) is 2.83. The summed E-state index contributed by atoms with van der Waals surface area (Å²) in [6.45, 7) is 1.91. The molecule has 1 N–H and O–H groups in total. The van der Waals surface area contributed by atoms with Gasteiger partial charge in [-0.25, -0.2) is 0 Å². The van der Waals surface area contributed by atoms with Crippen LogP contribution in [0.15, 0.2) is 36.5 Å². The van der Waals surface area contributed by atoms with Crippen LogP contribution in [0.4, 0.5) is 11.4 Å². The highest BCUT2D eigenvalue weighted by Crippen LogP contribution is 2.26. The Bertz CT molecular complexity index is 582. The van der Waals surface area contributed by atoms with Gasteiger partial charge in [-0.3, -0.25) is 9.78 Å². The molecule has 5 heteroatoms. The molecule has 0 saturated heterocycles. The van der Waals surface area contributed by atoms with E-state index in [1.807, 2.05) is 19.1 Å². The number of hydrogen-bond donors (Lipinski definition) is 1. The van der Waals surface area contributed by atoms with Gasteiger partial charge in [-0.2, -0.15) is 0 Å². The van der Waals surface area contributed by atoms with E-state index in [0.29, 0.717) is 16.3 Å². The molecule has 1 heterocycles. The van der Waals surface area contributed by atoms with Gasteiger partial charge in [-0.05, 0) is 48.9 Å². The van der Waals surface area contributed by atoms with E-state index >= 15 is 0 Å². The average Bonchev–Trinajstić information content (AvgIpc) is 2.34. The first-order valence-electron chi connectivity index (χ1n) is 5.25. The normalized spacial score (nSPS) is 10.2. The first-order valence-corrected chi connectivity index (χ1v) is 6.01. The summed E-state index contributed by atoms with van der Waals surface area (Å²) in [5, 5.41) is 3.02. The number of nitrogens with one attached hydrogen (secondary N) is 1. The minimum atomic E-state index is -0.527. The van der Waals surface area contributed by atoms with Gasteiger partial charge in [0.1, 0.15) is 0 Å². The Morgan fingerprint density at radius 1 is 1.28 bits per heavy atom. The first-order chi connectivity index (χ1) is 8.56. The van der Waals surface area contributed by atoms with Crippen molar-refractivity contribution in [1.82, 2.24) is 4.98 Å². The number of carbonyl (C=O) groups is 1.